The highest BCUT2D eigenvalue weighted by Gasteiger charge is 2.19. The molecule has 0 aromatic carbocycles. The Morgan fingerprint density at radius 2 is 2.38 bits per heavy atom. The molecule has 0 spiro atoms. The molecular formula is C12H20N2OS. The molecule has 1 aliphatic carbocycles. The standard InChI is InChI=1S/C12H20N2OS/c1-15-8-2-3-12-14-11(9-16-12)6-7-13-10-4-5-10/h9-10,13H,2-8H2,1H3. The van der Waals surface area contributed by atoms with Gasteiger partial charge in [-0.05, 0) is 19.3 Å². The molecule has 90 valence electrons. The number of thiazole rings is 1. The van der Waals surface area contributed by atoms with Gasteiger partial charge >= 0.3 is 0 Å². The van der Waals surface area contributed by atoms with E-state index in [1.54, 1.807) is 18.4 Å². The van der Waals surface area contributed by atoms with E-state index >= 15 is 0 Å². The van der Waals surface area contributed by atoms with Crippen molar-refractivity contribution in [1.82, 2.24) is 10.3 Å². The zero-order valence-electron chi connectivity index (χ0n) is 9.87. The zero-order valence-corrected chi connectivity index (χ0v) is 10.7. The summed E-state index contributed by atoms with van der Waals surface area (Å²) >= 11 is 1.78. The Morgan fingerprint density at radius 3 is 3.12 bits per heavy atom. The molecule has 1 fully saturated rings. The lowest BCUT2D eigenvalue weighted by Crippen LogP contribution is -2.19. The molecule has 16 heavy (non-hydrogen) atoms. The van der Waals surface area contributed by atoms with Gasteiger partial charge in [-0.25, -0.2) is 4.98 Å². The molecule has 4 heteroatoms. The summed E-state index contributed by atoms with van der Waals surface area (Å²) in [6.45, 7) is 1.91. The van der Waals surface area contributed by atoms with E-state index in [1.807, 2.05) is 0 Å². The fraction of sp³-hybridized carbons (Fsp3) is 0.750. The van der Waals surface area contributed by atoms with Gasteiger partial charge in [0.15, 0.2) is 0 Å². The minimum atomic E-state index is 0.805. The third kappa shape index (κ3) is 4.20. The van der Waals surface area contributed by atoms with Gasteiger partial charge in [-0.1, -0.05) is 0 Å². The van der Waals surface area contributed by atoms with Crippen molar-refractivity contribution in [2.75, 3.05) is 20.3 Å². The van der Waals surface area contributed by atoms with Crippen LogP contribution in [0.4, 0.5) is 0 Å². The average Bonchev–Trinajstić information content (AvgIpc) is 2.99. The highest BCUT2D eigenvalue weighted by Crippen LogP contribution is 2.18. The van der Waals surface area contributed by atoms with Crippen LogP contribution in [0.2, 0.25) is 0 Å². The molecular weight excluding hydrogens is 220 g/mol. The van der Waals surface area contributed by atoms with Crippen LogP contribution in [-0.2, 0) is 17.6 Å². The lowest BCUT2D eigenvalue weighted by Gasteiger charge is -1.99. The smallest absolute Gasteiger partial charge is 0.0929 e. The number of methoxy groups -OCH3 is 1. The quantitative estimate of drug-likeness (QED) is 0.706. The maximum atomic E-state index is 5.04. The van der Waals surface area contributed by atoms with Crippen LogP contribution in [-0.4, -0.2) is 31.3 Å². The highest BCUT2D eigenvalue weighted by atomic mass is 32.1. The maximum absolute atomic E-state index is 5.04. The van der Waals surface area contributed by atoms with Gasteiger partial charge in [-0.15, -0.1) is 11.3 Å². The molecule has 0 bridgehead atoms. The fourth-order valence-electron chi connectivity index (χ4n) is 1.64. The monoisotopic (exact) mass is 240 g/mol. The van der Waals surface area contributed by atoms with Crippen LogP contribution in [0, 0.1) is 0 Å². The zero-order chi connectivity index (χ0) is 11.2. The number of hydrogen-bond donors (Lipinski definition) is 1. The molecule has 0 aliphatic heterocycles. The fourth-order valence-corrected chi connectivity index (χ4v) is 2.51. The van der Waals surface area contributed by atoms with Crippen molar-refractivity contribution in [3.05, 3.63) is 16.1 Å². The number of ether oxygens (including phenoxy) is 1. The Hall–Kier alpha value is -0.450. The Bertz CT molecular complexity index is 310. The van der Waals surface area contributed by atoms with E-state index in [1.165, 1.54) is 23.5 Å². The van der Waals surface area contributed by atoms with E-state index in [2.05, 4.69) is 15.7 Å². The second-order valence-electron chi connectivity index (χ2n) is 4.31. The minimum absolute atomic E-state index is 0.805. The van der Waals surface area contributed by atoms with Crippen molar-refractivity contribution in [2.24, 2.45) is 0 Å². The summed E-state index contributed by atoms with van der Waals surface area (Å²) in [5, 5.41) is 6.95. The van der Waals surface area contributed by atoms with Crippen molar-refractivity contribution >= 4 is 11.3 Å². The predicted octanol–water partition coefficient (Wildman–Crippen LogP) is 2.02. The van der Waals surface area contributed by atoms with Gasteiger partial charge in [0, 0.05) is 44.5 Å². The Morgan fingerprint density at radius 1 is 1.50 bits per heavy atom. The number of nitrogens with one attached hydrogen (secondary N) is 1. The number of hydrogen-bond acceptors (Lipinski definition) is 4. The summed E-state index contributed by atoms with van der Waals surface area (Å²) in [7, 11) is 1.75. The number of aryl methyl sites for hydroxylation is 1. The van der Waals surface area contributed by atoms with E-state index in [4.69, 9.17) is 4.74 Å². The van der Waals surface area contributed by atoms with Crippen LogP contribution in [0.3, 0.4) is 0 Å². The molecule has 0 radical (unpaired) electrons. The lowest BCUT2D eigenvalue weighted by molar-refractivity contribution is 0.195. The van der Waals surface area contributed by atoms with E-state index in [9.17, 15) is 0 Å². The first-order valence-electron chi connectivity index (χ1n) is 6.04. The third-order valence-corrected chi connectivity index (χ3v) is 3.69. The van der Waals surface area contributed by atoms with Gasteiger partial charge in [0.05, 0.1) is 10.7 Å². The van der Waals surface area contributed by atoms with Gasteiger partial charge < -0.3 is 10.1 Å². The van der Waals surface area contributed by atoms with Gasteiger partial charge in [0.1, 0.15) is 0 Å². The number of aromatic nitrogens is 1. The predicted molar refractivity (Wildman–Crippen MR) is 67.0 cm³/mol. The molecule has 0 atom stereocenters. The summed E-state index contributed by atoms with van der Waals surface area (Å²) in [6.07, 6.45) is 5.91. The van der Waals surface area contributed by atoms with Gasteiger partial charge in [-0.3, -0.25) is 0 Å². The average molecular weight is 240 g/mol. The topological polar surface area (TPSA) is 34.1 Å². The first-order chi connectivity index (χ1) is 7.88. The van der Waals surface area contributed by atoms with Crippen LogP contribution >= 0.6 is 11.3 Å². The normalized spacial score (nSPS) is 15.6. The summed E-state index contributed by atoms with van der Waals surface area (Å²) in [6, 6.07) is 0.805. The van der Waals surface area contributed by atoms with Crippen molar-refractivity contribution in [3.8, 4) is 0 Å². The Labute approximate surface area is 101 Å². The molecule has 0 amide bonds. The van der Waals surface area contributed by atoms with Crippen molar-refractivity contribution in [3.63, 3.8) is 0 Å². The van der Waals surface area contributed by atoms with Crippen LogP contribution in [0.25, 0.3) is 0 Å². The van der Waals surface area contributed by atoms with Crippen molar-refractivity contribution < 1.29 is 4.74 Å². The van der Waals surface area contributed by atoms with Gasteiger partial charge in [0.2, 0.25) is 0 Å². The molecule has 1 aromatic heterocycles. The van der Waals surface area contributed by atoms with E-state index in [0.717, 1.165) is 38.5 Å². The maximum Gasteiger partial charge on any atom is 0.0929 e. The second kappa shape index (κ2) is 6.33. The molecule has 1 aromatic rings. The summed E-state index contributed by atoms with van der Waals surface area (Å²) < 4.78 is 5.04. The van der Waals surface area contributed by atoms with E-state index in [0.29, 0.717) is 0 Å². The Balaban J connectivity index is 1.64. The first kappa shape index (κ1) is 12.0. The minimum Gasteiger partial charge on any atom is -0.385 e. The third-order valence-electron chi connectivity index (χ3n) is 2.73. The van der Waals surface area contributed by atoms with Gasteiger partial charge in [-0.2, -0.15) is 0 Å². The van der Waals surface area contributed by atoms with Gasteiger partial charge in [0.25, 0.3) is 0 Å². The van der Waals surface area contributed by atoms with Crippen LogP contribution in [0.1, 0.15) is 30.0 Å². The second-order valence-corrected chi connectivity index (χ2v) is 5.25. The largest absolute Gasteiger partial charge is 0.385 e. The molecule has 3 nitrogen and oxygen atoms in total. The summed E-state index contributed by atoms with van der Waals surface area (Å²) in [5.41, 5.74) is 1.24. The molecule has 0 saturated heterocycles. The molecule has 1 N–H and O–H groups in total. The van der Waals surface area contributed by atoms with Crippen molar-refractivity contribution in [1.29, 1.82) is 0 Å². The van der Waals surface area contributed by atoms with Crippen LogP contribution < -0.4 is 5.32 Å². The molecule has 1 saturated carbocycles. The SMILES string of the molecule is COCCCc1nc(CCNC2CC2)cs1. The van der Waals surface area contributed by atoms with Crippen LogP contribution in [0.5, 0.6) is 0 Å². The van der Waals surface area contributed by atoms with E-state index in [-0.39, 0.29) is 0 Å². The summed E-state index contributed by atoms with van der Waals surface area (Å²) in [4.78, 5) is 4.62. The lowest BCUT2D eigenvalue weighted by atomic mass is 10.3. The Kier molecular flexibility index (Phi) is 4.75. The molecule has 0 unspecified atom stereocenters. The molecule has 2 rings (SSSR count). The van der Waals surface area contributed by atoms with Crippen molar-refractivity contribution in [2.45, 2.75) is 38.1 Å². The molecule has 1 heterocycles. The highest BCUT2D eigenvalue weighted by molar-refractivity contribution is 7.09. The summed E-state index contributed by atoms with van der Waals surface area (Å²) in [5.74, 6) is 0. The van der Waals surface area contributed by atoms with Crippen LogP contribution in [0.15, 0.2) is 5.38 Å². The first-order valence-corrected chi connectivity index (χ1v) is 6.92. The molecule has 1 aliphatic rings. The van der Waals surface area contributed by atoms with E-state index < -0.39 is 0 Å². The number of rotatable bonds is 8. The number of nitrogens with zero attached hydrogens (tertiary/aromatic N) is 1.